The van der Waals surface area contributed by atoms with Crippen molar-refractivity contribution in [1.82, 2.24) is 4.98 Å². The van der Waals surface area contributed by atoms with Crippen molar-refractivity contribution in [1.29, 1.82) is 0 Å². The van der Waals surface area contributed by atoms with Crippen LogP contribution in [-0.2, 0) is 0 Å². The highest BCUT2D eigenvalue weighted by Crippen LogP contribution is 2.26. The monoisotopic (exact) mass is 285 g/mol. The van der Waals surface area contributed by atoms with Crippen LogP contribution in [0.2, 0.25) is 0 Å². The normalized spacial score (nSPS) is 10.5. The average Bonchev–Trinajstić information content (AvgIpc) is 2.04. The van der Waals surface area contributed by atoms with Crippen molar-refractivity contribution >= 4 is 42.8 Å². The van der Waals surface area contributed by atoms with Gasteiger partial charge in [-0.15, -0.1) is 0 Å². The van der Waals surface area contributed by atoms with E-state index in [9.17, 15) is 0 Å². The number of aromatic nitrogens is 1. The quantitative estimate of drug-likeness (QED) is 0.719. The lowest BCUT2D eigenvalue weighted by Gasteiger charge is -1.99. The van der Waals surface area contributed by atoms with E-state index in [1.165, 1.54) is 0 Å². The molecule has 1 heterocycles. The van der Waals surface area contributed by atoms with Crippen LogP contribution < -0.4 is 0 Å². The number of pyridine rings is 1. The number of hydrogen-bond donors (Lipinski definition) is 0. The van der Waals surface area contributed by atoms with Crippen LogP contribution in [-0.4, -0.2) is 4.98 Å². The fraction of sp³-hybridized carbons (Fsp3) is 0. The Morgan fingerprint density at radius 2 is 2.00 bits per heavy atom. The molecule has 1 aromatic carbocycles. The lowest BCUT2D eigenvalue weighted by atomic mass is 10.2. The number of nitrogens with zero attached hydrogens (tertiary/aromatic N) is 1. The topological polar surface area (TPSA) is 12.9 Å². The summed E-state index contributed by atoms with van der Waals surface area (Å²) in [4.78, 5) is 4.24. The van der Waals surface area contributed by atoms with Gasteiger partial charge in [0.2, 0.25) is 0 Å². The van der Waals surface area contributed by atoms with Crippen LogP contribution in [0, 0.1) is 0 Å². The molecule has 3 heteroatoms. The molecule has 0 atom stereocenters. The van der Waals surface area contributed by atoms with Crippen molar-refractivity contribution in [3.05, 3.63) is 39.4 Å². The average molecular weight is 287 g/mol. The summed E-state index contributed by atoms with van der Waals surface area (Å²) in [6, 6.07) is 7.99. The molecule has 0 fully saturated rings. The fourth-order valence-corrected chi connectivity index (χ4v) is 2.44. The Labute approximate surface area is 87.1 Å². The second-order valence-corrected chi connectivity index (χ2v) is 4.23. The predicted octanol–water partition coefficient (Wildman–Crippen LogP) is 3.76. The zero-order valence-electron chi connectivity index (χ0n) is 6.09. The van der Waals surface area contributed by atoms with Crippen molar-refractivity contribution in [3.8, 4) is 0 Å². The third-order valence-corrected chi connectivity index (χ3v) is 2.75. The third-order valence-electron chi connectivity index (χ3n) is 1.64. The molecule has 0 saturated carbocycles. The summed E-state index contributed by atoms with van der Waals surface area (Å²) in [5.74, 6) is 0. The highest BCUT2D eigenvalue weighted by Gasteiger charge is 1.99. The first kappa shape index (κ1) is 8.20. The molecule has 0 radical (unpaired) electrons. The third kappa shape index (κ3) is 1.39. The highest BCUT2D eigenvalue weighted by atomic mass is 79.9. The fourth-order valence-electron chi connectivity index (χ4n) is 1.11. The van der Waals surface area contributed by atoms with E-state index in [2.05, 4.69) is 36.8 Å². The van der Waals surface area contributed by atoms with Crippen LogP contribution in [0.3, 0.4) is 0 Å². The Hall–Kier alpha value is -0.410. The number of fused-ring (bicyclic) bond motifs is 1. The maximum absolute atomic E-state index is 4.24. The Bertz CT molecular complexity index is 426. The molecule has 1 aromatic heterocycles. The van der Waals surface area contributed by atoms with Gasteiger partial charge in [0.25, 0.3) is 0 Å². The summed E-state index contributed by atoms with van der Waals surface area (Å²) in [5.41, 5.74) is 0.999. The van der Waals surface area contributed by atoms with Crippen LogP contribution in [0.1, 0.15) is 0 Å². The number of benzene rings is 1. The van der Waals surface area contributed by atoms with Gasteiger partial charge in [0, 0.05) is 20.5 Å². The van der Waals surface area contributed by atoms with Crippen LogP contribution in [0.15, 0.2) is 39.4 Å². The first-order chi connectivity index (χ1) is 5.77. The molecule has 0 aliphatic carbocycles. The number of halogens is 2. The van der Waals surface area contributed by atoms with Crippen molar-refractivity contribution in [2.75, 3.05) is 0 Å². The van der Waals surface area contributed by atoms with E-state index < -0.39 is 0 Å². The zero-order chi connectivity index (χ0) is 8.55. The minimum atomic E-state index is 0.999. The number of rotatable bonds is 0. The molecule has 0 N–H and O–H groups in total. The lowest BCUT2D eigenvalue weighted by molar-refractivity contribution is 1.40. The summed E-state index contributed by atoms with van der Waals surface area (Å²) < 4.78 is 2.11. The number of hydrogen-bond acceptors (Lipinski definition) is 1. The van der Waals surface area contributed by atoms with Crippen LogP contribution in [0.25, 0.3) is 10.9 Å². The van der Waals surface area contributed by atoms with Gasteiger partial charge in [0.1, 0.15) is 0 Å². The van der Waals surface area contributed by atoms with Gasteiger partial charge in [-0.1, -0.05) is 37.9 Å². The maximum atomic E-state index is 4.24. The van der Waals surface area contributed by atoms with Crippen molar-refractivity contribution in [2.45, 2.75) is 0 Å². The standard InChI is InChI=1S/C9H5Br2N/c10-6-4-8(11)7-2-1-3-12-9(7)5-6/h1-5H. The van der Waals surface area contributed by atoms with E-state index in [1.54, 1.807) is 6.20 Å². The molecule has 60 valence electrons. The van der Waals surface area contributed by atoms with Gasteiger partial charge in [-0.3, -0.25) is 4.98 Å². The highest BCUT2D eigenvalue weighted by molar-refractivity contribution is 9.11. The van der Waals surface area contributed by atoms with Gasteiger partial charge in [-0.05, 0) is 18.2 Å². The van der Waals surface area contributed by atoms with E-state index in [0.29, 0.717) is 0 Å². The molecule has 0 bridgehead atoms. The van der Waals surface area contributed by atoms with Crippen LogP contribution >= 0.6 is 31.9 Å². The molecular weight excluding hydrogens is 282 g/mol. The molecular formula is C9H5Br2N. The minimum absolute atomic E-state index is 0.999. The zero-order valence-corrected chi connectivity index (χ0v) is 9.26. The molecule has 0 aliphatic rings. The van der Waals surface area contributed by atoms with E-state index in [1.807, 2.05) is 24.3 Å². The van der Waals surface area contributed by atoms with Gasteiger partial charge >= 0.3 is 0 Å². The van der Waals surface area contributed by atoms with Crippen LogP contribution in [0.5, 0.6) is 0 Å². The molecule has 2 aromatic rings. The van der Waals surface area contributed by atoms with Gasteiger partial charge in [-0.2, -0.15) is 0 Å². The summed E-state index contributed by atoms with van der Waals surface area (Å²) in [6.45, 7) is 0. The first-order valence-electron chi connectivity index (χ1n) is 3.47. The van der Waals surface area contributed by atoms with Gasteiger partial charge in [0.05, 0.1) is 5.52 Å². The summed E-state index contributed by atoms with van der Waals surface area (Å²) >= 11 is 6.89. The smallest absolute Gasteiger partial charge is 0.0724 e. The molecule has 0 spiro atoms. The Morgan fingerprint density at radius 3 is 2.83 bits per heavy atom. The van der Waals surface area contributed by atoms with Gasteiger partial charge in [-0.25, -0.2) is 0 Å². The lowest BCUT2D eigenvalue weighted by Crippen LogP contribution is -1.78. The molecule has 1 nitrogen and oxygen atoms in total. The second-order valence-electron chi connectivity index (χ2n) is 2.46. The SMILES string of the molecule is Brc1cc(Br)c2cccnc2c1. The minimum Gasteiger partial charge on any atom is -0.256 e. The van der Waals surface area contributed by atoms with E-state index >= 15 is 0 Å². The Kier molecular flexibility index (Phi) is 2.15. The van der Waals surface area contributed by atoms with Gasteiger partial charge < -0.3 is 0 Å². The molecule has 0 aliphatic heterocycles. The van der Waals surface area contributed by atoms with E-state index in [4.69, 9.17) is 0 Å². The van der Waals surface area contributed by atoms with Crippen molar-refractivity contribution in [3.63, 3.8) is 0 Å². The molecule has 0 saturated heterocycles. The Balaban J connectivity index is 2.89. The summed E-state index contributed by atoms with van der Waals surface area (Å²) in [6.07, 6.45) is 1.79. The molecule has 2 rings (SSSR count). The largest absolute Gasteiger partial charge is 0.256 e. The predicted molar refractivity (Wildman–Crippen MR) is 57.1 cm³/mol. The second kappa shape index (κ2) is 3.15. The molecule has 0 unspecified atom stereocenters. The summed E-state index contributed by atoms with van der Waals surface area (Å²) in [7, 11) is 0. The summed E-state index contributed by atoms with van der Waals surface area (Å²) in [5, 5.41) is 1.14. The van der Waals surface area contributed by atoms with Crippen LogP contribution in [0.4, 0.5) is 0 Å². The molecule has 0 amide bonds. The maximum Gasteiger partial charge on any atom is 0.0724 e. The van der Waals surface area contributed by atoms with Crippen molar-refractivity contribution < 1.29 is 0 Å². The first-order valence-corrected chi connectivity index (χ1v) is 5.06. The molecule has 12 heavy (non-hydrogen) atoms. The Morgan fingerprint density at radius 1 is 1.17 bits per heavy atom. The van der Waals surface area contributed by atoms with Gasteiger partial charge in [0.15, 0.2) is 0 Å². The van der Waals surface area contributed by atoms with E-state index in [-0.39, 0.29) is 0 Å². The van der Waals surface area contributed by atoms with Crippen molar-refractivity contribution in [2.24, 2.45) is 0 Å². The van der Waals surface area contributed by atoms with E-state index in [0.717, 1.165) is 19.8 Å².